The SMILES string of the molecule is CCn1nc(C)c(Cl)c1CC(N)c1ccccc1Cl. The van der Waals surface area contributed by atoms with Crippen molar-refractivity contribution >= 4 is 23.2 Å². The Hall–Kier alpha value is -1.03. The number of rotatable bonds is 4. The highest BCUT2D eigenvalue weighted by Gasteiger charge is 2.18. The highest BCUT2D eigenvalue weighted by atomic mass is 35.5. The van der Waals surface area contributed by atoms with Crippen LogP contribution in [-0.4, -0.2) is 9.78 Å². The number of benzene rings is 1. The Bertz CT molecular complexity index is 578. The van der Waals surface area contributed by atoms with Gasteiger partial charge in [-0.15, -0.1) is 0 Å². The maximum Gasteiger partial charge on any atom is 0.0847 e. The van der Waals surface area contributed by atoms with Gasteiger partial charge in [0, 0.05) is 24.0 Å². The summed E-state index contributed by atoms with van der Waals surface area (Å²) in [6, 6.07) is 7.44. The van der Waals surface area contributed by atoms with Gasteiger partial charge in [-0.05, 0) is 25.5 Å². The lowest BCUT2D eigenvalue weighted by Gasteiger charge is -2.14. The molecule has 0 saturated carbocycles. The molecular formula is C14H17Cl2N3. The van der Waals surface area contributed by atoms with Crippen molar-refractivity contribution in [2.75, 3.05) is 0 Å². The van der Waals surface area contributed by atoms with Crippen LogP contribution in [-0.2, 0) is 13.0 Å². The smallest absolute Gasteiger partial charge is 0.0847 e. The van der Waals surface area contributed by atoms with Gasteiger partial charge in [-0.1, -0.05) is 41.4 Å². The van der Waals surface area contributed by atoms with E-state index in [1.807, 2.05) is 42.8 Å². The molecule has 0 radical (unpaired) electrons. The van der Waals surface area contributed by atoms with Gasteiger partial charge in [0.05, 0.1) is 16.4 Å². The first-order chi connectivity index (χ1) is 9.04. The van der Waals surface area contributed by atoms with Crippen LogP contribution < -0.4 is 5.73 Å². The molecule has 1 unspecified atom stereocenters. The van der Waals surface area contributed by atoms with Crippen LogP contribution in [0, 0.1) is 6.92 Å². The molecule has 0 saturated heterocycles. The fraction of sp³-hybridized carbons (Fsp3) is 0.357. The summed E-state index contributed by atoms with van der Waals surface area (Å²) < 4.78 is 1.90. The van der Waals surface area contributed by atoms with Crippen molar-refractivity contribution in [1.82, 2.24) is 9.78 Å². The minimum atomic E-state index is -0.187. The summed E-state index contributed by atoms with van der Waals surface area (Å²) in [6.07, 6.45) is 0.622. The van der Waals surface area contributed by atoms with Crippen LogP contribution in [0.5, 0.6) is 0 Å². The van der Waals surface area contributed by atoms with Gasteiger partial charge in [0.25, 0.3) is 0 Å². The van der Waals surface area contributed by atoms with Crippen LogP contribution in [0.4, 0.5) is 0 Å². The molecule has 2 rings (SSSR count). The van der Waals surface area contributed by atoms with Crippen molar-refractivity contribution in [2.24, 2.45) is 5.73 Å². The Balaban J connectivity index is 2.29. The van der Waals surface area contributed by atoms with Crippen molar-refractivity contribution in [3.05, 3.63) is 51.3 Å². The van der Waals surface area contributed by atoms with E-state index >= 15 is 0 Å². The molecule has 1 heterocycles. The van der Waals surface area contributed by atoms with Crippen LogP contribution in [0.3, 0.4) is 0 Å². The van der Waals surface area contributed by atoms with Crippen molar-refractivity contribution in [3.8, 4) is 0 Å². The van der Waals surface area contributed by atoms with E-state index in [4.69, 9.17) is 28.9 Å². The summed E-state index contributed by atoms with van der Waals surface area (Å²) >= 11 is 12.5. The van der Waals surface area contributed by atoms with Gasteiger partial charge in [-0.2, -0.15) is 5.10 Å². The van der Waals surface area contributed by atoms with Crippen LogP contribution in [0.15, 0.2) is 24.3 Å². The molecule has 0 amide bonds. The van der Waals surface area contributed by atoms with E-state index in [9.17, 15) is 0 Å². The third-order valence-corrected chi connectivity index (χ3v) is 4.01. The van der Waals surface area contributed by atoms with Crippen LogP contribution in [0.25, 0.3) is 0 Å². The zero-order valence-corrected chi connectivity index (χ0v) is 12.5. The van der Waals surface area contributed by atoms with Crippen molar-refractivity contribution in [3.63, 3.8) is 0 Å². The third-order valence-electron chi connectivity index (χ3n) is 3.17. The highest BCUT2D eigenvalue weighted by molar-refractivity contribution is 6.32. The first-order valence-electron chi connectivity index (χ1n) is 6.26. The second-order valence-electron chi connectivity index (χ2n) is 4.49. The van der Waals surface area contributed by atoms with Crippen LogP contribution in [0.2, 0.25) is 10.0 Å². The fourth-order valence-corrected chi connectivity index (χ4v) is 2.65. The second-order valence-corrected chi connectivity index (χ2v) is 5.28. The number of aryl methyl sites for hydroxylation is 2. The molecule has 102 valence electrons. The summed E-state index contributed by atoms with van der Waals surface area (Å²) in [4.78, 5) is 0. The van der Waals surface area contributed by atoms with Gasteiger partial charge in [0.2, 0.25) is 0 Å². The topological polar surface area (TPSA) is 43.8 Å². The molecule has 2 aromatic rings. The van der Waals surface area contributed by atoms with Crippen molar-refractivity contribution in [1.29, 1.82) is 0 Å². The van der Waals surface area contributed by atoms with Crippen LogP contribution in [0.1, 0.15) is 29.9 Å². The van der Waals surface area contributed by atoms with Crippen molar-refractivity contribution < 1.29 is 0 Å². The molecule has 0 bridgehead atoms. The Morgan fingerprint density at radius 1 is 1.32 bits per heavy atom. The molecule has 5 heteroatoms. The summed E-state index contributed by atoms with van der Waals surface area (Å²) in [7, 11) is 0. The van der Waals surface area contributed by atoms with E-state index in [0.717, 1.165) is 23.5 Å². The zero-order valence-electron chi connectivity index (χ0n) is 11.0. The number of hydrogen-bond acceptors (Lipinski definition) is 2. The Morgan fingerprint density at radius 3 is 2.63 bits per heavy atom. The molecule has 1 atom stereocenters. The molecule has 19 heavy (non-hydrogen) atoms. The average molecular weight is 298 g/mol. The number of halogens is 2. The summed E-state index contributed by atoms with van der Waals surface area (Å²) in [5.74, 6) is 0. The lowest BCUT2D eigenvalue weighted by Crippen LogP contribution is -2.16. The number of nitrogens with two attached hydrogens (primary N) is 1. The minimum Gasteiger partial charge on any atom is -0.324 e. The van der Waals surface area contributed by atoms with E-state index < -0.39 is 0 Å². The van der Waals surface area contributed by atoms with Gasteiger partial charge in [0.1, 0.15) is 0 Å². The molecule has 0 aliphatic heterocycles. The Kier molecular flexibility index (Phi) is 4.50. The molecule has 0 aliphatic carbocycles. The molecule has 0 aliphatic rings. The lowest BCUT2D eigenvalue weighted by molar-refractivity contribution is 0.587. The maximum absolute atomic E-state index is 6.29. The molecule has 0 fully saturated rings. The second kappa shape index (κ2) is 5.95. The zero-order chi connectivity index (χ0) is 14.0. The van der Waals surface area contributed by atoms with E-state index in [1.54, 1.807) is 0 Å². The molecular weight excluding hydrogens is 281 g/mol. The van der Waals surface area contributed by atoms with Gasteiger partial charge in [0.15, 0.2) is 0 Å². The largest absolute Gasteiger partial charge is 0.324 e. The van der Waals surface area contributed by atoms with Crippen molar-refractivity contribution in [2.45, 2.75) is 32.9 Å². The van der Waals surface area contributed by atoms with Gasteiger partial charge < -0.3 is 5.73 Å². The third kappa shape index (κ3) is 2.94. The van der Waals surface area contributed by atoms with E-state index in [-0.39, 0.29) is 6.04 Å². The summed E-state index contributed by atoms with van der Waals surface area (Å²) in [5, 5.41) is 5.78. The molecule has 1 aromatic heterocycles. The maximum atomic E-state index is 6.29. The fourth-order valence-electron chi connectivity index (χ4n) is 2.16. The summed E-state index contributed by atoms with van der Waals surface area (Å²) in [5.41, 5.74) is 8.98. The highest BCUT2D eigenvalue weighted by Crippen LogP contribution is 2.28. The standard InChI is InChI=1S/C14H17Cl2N3/c1-3-19-13(14(16)9(2)18-19)8-12(17)10-6-4-5-7-11(10)15/h4-7,12H,3,8,17H2,1-2H3. The van der Waals surface area contributed by atoms with Gasteiger partial charge in [-0.3, -0.25) is 4.68 Å². The molecule has 1 aromatic carbocycles. The number of aromatic nitrogens is 2. The number of hydrogen-bond donors (Lipinski definition) is 1. The van der Waals surface area contributed by atoms with E-state index in [2.05, 4.69) is 5.10 Å². The molecule has 0 spiro atoms. The van der Waals surface area contributed by atoms with Crippen LogP contribution >= 0.6 is 23.2 Å². The molecule has 3 nitrogen and oxygen atoms in total. The van der Waals surface area contributed by atoms with Gasteiger partial charge in [-0.25, -0.2) is 0 Å². The molecule has 2 N–H and O–H groups in total. The van der Waals surface area contributed by atoms with E-state index in [0.29, 0.717) is 16.5 Å². The normalized spacial score (nSPS) is 12.7. The predicted molar refractivity (Wildman–Crippen MR) is 79.7 cm³/mol. The minimum absolute atomic E-state index is 0.187. The first-order valence-corrected chi connectivity index (χ1v) is 7.02. The Labute approximate surface area is 123 Å². The lowest BCUT2D eigenvalue weighted by atomic mass is 10.0. The monoisotopic (exact) mass is 297 g/mol. The quantitative estimate of drug-likeness (QED) is 0.934. The first kappa shape index (κ1) is 14.4. The summed E-state index contributed by atoms with van der Waals surface area (Å²) in [6.45, 7) is 4.71. The van der Waals surface area contributed by atoms with E-state index in [1.165, 1.54) is 0 Å². The Morgan fingerprint density at radius 2 is 2.00 bits per heavy atom. The average Bonchev–Trinajstić information content (AvgIpc) is 2.67. The predicted octanol–water partition coefficient (Wildman–Crippen LogP) is 3.76. The number of nitrogens with zero attached hydrogens (tertiary/aromatic N) is 2. The van der Waals surface area contributed by atoms with Gasteiger partial charge >= 0.3 is 0 Å².